The highest BCUT2D eigenvalue weighted by atomic mass is 16.5. The Balaban J connectivity index is 1.52. The molecule has 0 atom stereocenters. The lowest BCUT2D eigenvalue weighted by molar-refractivity contribution is -0.0278. The van der Waals surface area contributed by atoms with Gasteiger partial charge in [-0.25, -0.2) is 0 Å². The fourth-order valence-electron chi connectivity index (χ4n) is 4.20. The second-order valence-corrected chi connectivity index (χ2v) is 8.20. The van der Waals surface area contributed by atoms with Crippen LogP contribution in [0.2, 0.25) is 0 Å². The first-order valence-corrected chi connectivity index (χ1v) is 10.1. The molecule has 1 saturated carbocycles. The van der Waals surface area contributed by atoms with E-state index in [1.807, 2.05) is 0 Å². The van der Waals surface area contributed by atoms with Crippen LogP contribution < -0.4 is 0 Å². The van der Waals surface area contributed by atoms with Crippen molar-refractivity contribution in [3.63, 3.8) is 0 Å². The molecule has 2 aliphatic rings. The van der Waals surface area contributed by atoms with Crippen LogP contribution >= 0.6 is 0 Å². The van der Waals surface area contributed by atoms with E-state index in [4.69, 9.17) is 9.47 Å². The molecule has 136 valence electrons. The van der Waals surface area contributed by atoms with Crippen LogP contribution in [0.5, 0.6) is 0 Å². The third-order valence-corrected chi connectivity index (χ3v) is 5.34. The monoisotopic (exact) mass is 325 g/mol. The van der Waals surface area contributed by atoms with Gasteiger partial charge in [0.2, 0.25) is 0 Å². The summed E-state index contributed by atoms with van der Waals surface area (Å²) in [5.41, 5.74) is 0. The third kappa shape index (κ3) is 7.53. The van der Waals surface area contributed by atoms with Crippen molar-refractivity contribution in [2.75, 3.05) is 19.6 Å². The molecule has 0 bridgehead atoms. The highest BCUT2D eigenvalue weighted by Gasteiger charge is 2.23. The molecule has 1 heterocycles. The SMILES string of the molecule is CC(C)OC1CCC(CCCN2CCC(OC(C)C)CC2)CC1. The van der Waals surface area contributed by atoms with E-state index in [9.17, 15) is 0 Å². The van der Waals surface area contributed by atoms with Crippen molar-refractivity contribution in [1.82, 2.24) is 4.90 Å². The van der Waals surface area contributed by atoms with Gasteiger partial charge in [-0.3, -0.25) is 0 Å². The van der Waals surface area contributed by atoms with Gasteiger partial charge in [0.05, 0.1) is 24.4 Å². The van der Waals surface area contributed by atoms with Gasteiger partial charge in [0.15, 0.2) is 0 Å². The first kappa shape index (κ1) is 19.2. The van der Waals surface area contributed by atoms with E-state index < -0.39 is 0 Å². The average Bonchev–Trinajstić information content (AvgIpc) is 2.50. The standard InChI is InChI=1S/C20H39NO2/c1-16(2)22-19-9-7-18(8-10-19)6-5-13-21-14-11-20(12-15-21)23-17(3)4/h16-20H,5-15H2,1-4H3. The number of piperidine rings is 1. The van der Waals surface area contributed by atoms with Crippen molar-refractivity contribution in [2.24, 2.45) is 5.92 Å². The van der Waals surface area contributed by atoms with Gasteiger partial charge in [0.1, 0.15) is 0 Å². The summed E-state index contributed by atoms with van der Waals surface area (Å²) in [5.74, 6) is 0.948. The van der Waals surface area contributed by atoms with Gasteiger partial charge in [-0.05, 0) is 91.5 Å². The summed E-state index contributed by atoms with van der Waals surface area (Å²) >= 11 is 0. The van der Waals surface area contributed by atoms with Gasteiger partial charge in [-0.1, -0.05) is 0 Å². The van der Waals surface area contributed by atoms with E-state index in [-0.39, 0.29) is 0 Å². The van der Waals surface area contributed by atoms with Gasteiger partial charge < -0.3 is 14.4 Å². The first-order valence-electron chi connectivity index (χ1n) is 10.1. The summed E-state index contributed by atoms with van der Waals surface area (Å²) in [6, 6.07) is 0. The van der Waals surface area contributed by atoms with Gasteiger partial charge in [-0.15, -0.1) is 0 Å². The summed E-state index contributed by atoms with van der Waals surface area (Å²) in [5, 5.41) is 0. The van der Waals surface area contributed by atoms with Crippen molar-refractivity contribution in [3.05, 3.63) is 0 Å². The quantitative estimate of drug-likeness (QED) is 0.649. The maximum absolute atomic E-state index is 5.96. The minimum Gasteiger partial charge on any atom is -0.376 e. The highest BCUT2D eigenvalue weighted by Crippen LogP contribution is 2.30. The van der Waals surface area contributed by atoms with Crippen molar-refractivity contribution >= 4 is 0 Å². The molecule has 2 fully saturated rings. The molecular weight excluding hydrogens is 286 g/mol. The van der Waals surface area contributed by atoms with Crippen LogP contribution in [0.3, 0.4) is 0 Å². The largest absolute Gasteiger partial charge is 0.376 e. The number of hydrogen-bond donors (Lipinski definition) is 0. The minimum atomic E-state index is 0.376. The molecular formula is C20H39NO2. The van der Waals surface area contributed by atoms with Crippen LogP contribution in [0.4, 0.5) is 0 Å². The number of likely N-dealkylation sites (tertiary alicyclic amines) is 1. The Kier molecular flexibility index (Phi) is 8.35. The second kappa shape index (κ2) is 10.0. The van der Waals surface area contributed by atoms with Gasteiger partial charge in [0, 0.05) is 13.1 Å². The van der Waals surface area contributed by atoms with Crippen LogP contribution in [0.25, 0.3) is 0 Å². The summed E-state index contributed by atoms with van der Waals surface area (Å²) in [4.78, 5) is 2.65. The smallest absolute Gasteiger partial charge is 0.0603 e. The Morgan fingerprint density at radius 1 is 0.783 bits per heavy atom. The maximum atomic E-state index is 5.96. The molecule has 3 heteroatoms. The number of ether oxygens (including phenoxy) is 2. The Labute approximate surface area is 144 Å². The Morgan fingerprint density at radius 3 is 1.83 bits per heavy atom. The molecule has 0 spiro atoms. The molecule has 3 nitrogen and oxygen atoms in total. The molecule has 0 unspecified atom stereocenters. The highest BCUT2D eigenvalue weighted by molar-refractivity contribution is 4.76. The average molecular weight is 326 g/mol. The van der Waals surface area contributed by atoms with Crippen LogP contribution in [0.15, 0.2) is 0 Å². The van der Waals surface area contributed by atoms with Crippen molar-refractivity contribution < 1.29 is 9.47 Å². The molecule has 0 amide bonds. The topological polar surface area (TPSA) is 21.7 Å². The Hall–Kier alpha value is -0.120. The summed E-state index contributed by atoms with van der Waals surface area (Å²) in [7, 11) is 0. The maximum Gasteiger partial charge on any atom is 0.0603 e. The van der Waals surface area contributed by atoms with E-state index in [0.29, 0.717) is 24.4 Å². The Morgan fingerprint density at radius 2 is 1.30 bits per heavy atom. The lowest BCUT2D eigenvalue weighted by Gasteiger charge is -2.33. The molecule has 0 aromatic carbocycles. The van der Waals surface area contributed by atoms with Crippen LogP contribution in [-0.4, -0.2) is 49.0 Å². The first-order chi connectivity index (χ1) is 11.0. The van der Waals surface area contributed by atoms with Crippen LogP contribution in [-0.2, 0) is 9.47 Å². The minimum absolute atomic E-state index is 0.376. The number of nitrogens with zero attached hydrogens (tertiary/aromatic N) is 1. The van der Waals surface area contributed by atoms with E-state index in [1.54, 1.807) is 0 Å². The normalized spacial score (nSPS) is 27.9. The fraction of sp³-hybridized carbons (Fsp3) is 1.00. The van der Waals surface area contributed by atoms with Crippen LogP contribution in [0, 0.1) is 5.92 Å². The third-order valence-electron chi connectivity index (χ3n) is 5.34. The molecule has 1 aliphatic carbocycles. The lowest BCUT2D eigenvalue weighted by Crippen LogP contribution is -2.38. The predicted molar refractivity (Wildman–Crippen MR) is 96.9 cm³/mol. The van der Waals surface area contributed by atoms with Crippen molar-refractivity contribution in [2.45, 2.75) is 103 Å². The van der Waals surface area contributed by atoms with E-state index in [2.05, 4.69) is 32.6 Å². The zero-order valence-electron chi connectivity index (χ0n) is 15.9. The molecule has 1 aliphatic heterocycles. The van der Waals surface area contributed by atoms with Gasteiger partial charge >= 0.3 is 0 Å². The zero-order valence-corrected chi connectivity index (χ0v) is 15.9. The van der Waals surface area contributed by atoms with E-state index >= 15 is 0 Å². The fourth-order valence-corrected chi connectivity index (χ4v) is 4.20. The van der Waals surface area contributed by atoms with E-state index in [1.165, 1.54) is 71.0 Å². The van der Waals surface area contributed by atoms with E-state index in [0.717, 1.165) is 5.92 Å². The van der Waals surface area contributed by atoms with Gasteiger partial charge in [-0.2, -0.15) is 0 Å². The van der Waals surface area contributed by atoms with Gasteiger partial charge in [0.25, 0.3) is 0 Å². The van der Waals surface area contributed by atoms with Crippen molar-refractivity contribution in [3.8, 4) is 0 Å². The predicted octanol–water partition coefficient (Wildman–Crippen LogP) is 4.64. The Bertz CT molecular complexity index is 273. The zero-order chi connectivity index (χ0) is 16.7. The summed E-state index contributed by atoms with van der Waals surface area (Å²) in [6.07, 6.45) is 12.3. The molecule has 0 aromatic heterocycles. The lowest BCUT2D eigenvalue weighted by atomic mass is 9.84. The molecule has 0 aromatic rings. The number of rotatable bonds is 8. The summed E-state index contributed by atoms with van der Waals surface area (Å²) < 4.78 is 11.9. The molecule has 0 N–H and O–H groups in total. The second-order valence-electron chi connectivity index (χ2n) is 8.20. The van der Waals surface area contributed by atoms with Crippen molar-refractivity contribution in [1.29, 1.82) is 0 Å². The number of hydrogen-bond acceptors (Lipinski definition) is 3. The molecule has 23 heavy (non-hydrogen) atoms. The van der Waals surface area contributed by atoms with Crippen LogP contribution in [0.1, 0.15) is 79.1 Å². The summed E-state index contributed by atoms with van der Waals surface area (Å²) in [6.45, 7) is 12.3. The molecule has 0 radical (unpaired) electrons. The molecule has 2 rings (SSSR count). The molecule has 1 saturated heterocycles.